The lowest BCUT2D eigenvalue weighted by Gasteiger charge is -2.33. The van der Waals surface area contributed by atoms with E-state index in [1.807, 2.05) is 18.3 Å². The average Bonchev–Trinajstić information content (AvgIpc) is 3.11. The third kappa shape index (κ3) is 3.47. The van der Waals surface area contributed by atoms with Crippen molar-refractivity contribution >= 4 is 11.6 Å². The minimum Gasteiger partial charge on any atom is -0.384 e. The second-order valence-electron chi connectivity index (χ2n) is 6.56. The summed E-state index contributed by atoms with van der Waals surface area (Å²) in [5.41, 5.74) is 9.64. The molecule has 1 aliphatic rings. The summed E-state index contributed by atoms with van der Waals surface area (Å²) in [6, 6.07) is 12.4. The van der Waals surface area contributed by atoms with Gasteiger partial charge in [0, 0.05) is 37.2 Å². The zero-order valence-electron chi connectivity index (χ0n) is 14.1. The first-order valence-electron chi connectivity index (χ1n) is 8.68. The fraction of sp³-hybridized carbons (Fsp3) is 0.316. The van der Waals surface area contributed by atoms with E-state index in [4.69, 9.17) is 5.73 Å². The van der Waals surface area contributed by atoms with Gasteiger partial charge < -0.3 is 10.6 Å². The Balaban J connectivity index is 1.53. The van der Waals surface area contributed by atoms with Crippen LogP contribution in [0.15, 0.2) is 48.9 Å². The zero-order valence-corrected chi connectivity index (χ0v) is 14.1. The first-order chi connectivity index (χ1) is 12.3. The molecule has 1 unspecified atom stereocenters. The second-order valence-corrected chi connectivity index (χ2v) is 6.56. The molecule has 1 fully saturated rings. The number of nitrogens with one attached hydrogen (secondary N) is 1. The highest BCUT2D eigenvalue weighted by Crippen LogP contribution is 2.30. The Bertz CT molecular complexity index is 829. The van der Waals surface area contributed by atoms with E-state index in [0.29, 0.717) is 11.7 Å². The van der Waals surface area contributed by atoms with Crippen molar-refractivity contribution in [3.63, 3.8) is 0 Å². The minimum absolute atomic E-state index is 0.422. The number of nitrogens with two attached hydrogens (primary N) is 1. The van der Waals surface area contributed by atoms with Gasteiger partial charge in [-0.25, -0.2) is 9.97 Å². The third-order valence-corrected chi connectivity index (χ3v) is 4.82. The van der Waals surface area contributed by atoms with Gasteiger partial charge in [-0.15, -0.1) is 0 Å². The predicted octanol–water partition coefficient (Wildman–Crippen LogP) is 2.76. The summed E-state index contributed by atoms with van der Waals surface area (Å²) in [5.74, 6) is 1.84. The first-order valence-corrected chi connectivity index (χ1v) is 8.68. The van der Waals surface area contributed by atoms with Crippen molar-refractivity contribution in [2.45, 2.75) is 25.2 Å². The maximum absolute atomic E-state index is 5.81. The lowest BCUT2D eigenvalue weighted by atomic mass is 9.91. The molecule has 1 atom stereocenters. The van der Waals surface area contributed by atoms with E-state index in [9.17, 15) is 0 Å². The molecule has 3 heterocycles. The average molecular weight is 334 g/mol. The molecule has 6 nitrogen and oxygen atoms in total. The van der Waals surface area contributed by atoms with Crippen molar-refractivity contribution in [2.24, 2.45) is 0 Å². The number of nitrogens with zero attached hydrogens (tertiary/aromatic N) is 4. The topological polar surface area (TPSA) is 83.7 Å². The fourth-order valence-corrected chi connectivity index (χ4v) is 3.59. The van der Waals surface area contributed by atoms with E-state index in [0.717, 1.165) is 38.2 Å². The van der Waals surface area contributed by atoms with E-state index in [2.05, 4.69) is 49.3 Å². The van der Waals surface area contributed by atoms with E-state index >= 15 is 0 Å². The highest BCUT2D eigenvalue weighted by Gasteiger charge is 2.25. The van der Waals surface area contributed by atoms with Crippen LogP contribution in [0.4, 0.5) is 11.6 Å². The van der Waals surface area contributed by atoms with Gasteiger partial charge in [-0.2, -0.15) is 5.10 Å². The number of piperidine rings is 1. The molecule has 0 bridgehead atoms. The molecule has 1 saturated heterocycles. The molecule has 2 aromatic heterocycles. The molecule has 0 radical (unpaired) electrons. The van der Waals surface area contributed by atoms with Crippen LogP contribution in [0.2, 0.25) is 0 Å². The van der Waals surface area contributed by atoms with Crippen LogP contribution in [0.5, 0.6) is 0 Å². The van der Waals surface area contributed by atoms with Crippen LogP contribution < -0.4 is 10.6 Å². The Labute approximate surface area is 147 Å². The third-order valence-electron chi connectivity index (χ3n) is 4.82. The van der Waals surface area contributed by atoms with Crippen molar-refractivity contribution in [1.29, 1.82) is 0 Å². The molecule has 1 aliphatic heterocycles. The largest absolute Gasteiger partial charge is 0.384 e. The smallest absolute Gasteiger partial charge is 0.134 e. The Morgan fingerprint density at radius 1 is 1.20 bits per heavy atom. The summed E-state index contributed by atoms with van der Waals surface area (Å²) in [6.07, 6.45) is 6.68. The van der Waals surface area contributed by atoms with Crippen molar-refractivity contribution in [3.05, 3.63) is 65.7 Å². The van der Waals surface area contributed by atoms with Crippen LogP contribution in [-0.4, -0.2) is 33.3 Å². The highest BCUT2D eigenvalue weighted by molar-refractivity contribution is 5.47. The summed E-state index contributed by atoms with van der Waals surface area (Å²) in [7, 11) is 0. The summed E-state index contributed by atoms with van der Waals surface area (Å²) in [6.45, 7) is 1.91. The van der Waals surface area contributed by atoms with Gasteiger partial charge in [-0.3, -0.25) is 5.10 Å². The van der Waals surface area contributed by atoms with E-state index in [-0.39, 0.29) is 0 Å². The standard InChI is InChI=1S/C19H22N6/c20-17-10-18(22-13-21-17)25-8-4-7-15(12-25)19-16(11-23-24-19)9-14-5-2-1-3-6-14/h1-3,5-6,10-11,13,15H,4,7-9,12H2,(H,23,24)(H2,20,21,22). The summed E-state index contributed by atoms with van der Waals surface area (Å²) >= 11 is 0. The quantitative estimate of drug-likeness (QED) is 0.766. The van der Waals surface area contributed by atoms with Gasteiger partial charge >= 0.3 is 0 Å². The number of aromatic amines is 1. The minimum atomic E-state index is 0.422. The number of hydrogen-bond donors (Lipinski definition) is 2. The van der Waals surface area contributed by atoms with Crippen molar-refractivity contribution in [3.8, 4) is 0 Å². The molecule has 6 heteroatoms. The Morgan fingerprint density at radius 2 is 2.08 bits per heavy atom. The number of rotatable bonds is 4. The second kappa shape index (κ2) is 6.93. The molecule has 0 saturated carbocycles. The van der Waals surface area contributed by atoms with Crippen LogP contribution in [0, 0.1) is 0 Å². The van der Waals surface area contributed by atoms with Crippen LogP contribution in [0.3, 0.4) is 0 Å². The van der Waals surface area contributed by atoms with Gasteiger partial charge in [-0.05, 0) is 24.0 Å². The number of anilines is 2. The number of benzene rings is 1. The van der Waals surface area contributed by atoms with E-state index in [1.54, 1.807) is 0 Å². The molecule has 0 aliphatic carbocycles. The Kier molecular flexibility index (Phi) is 4.33. The highest BCUT2D eigenvalue weighted by atomic mass is 15.2. The monoisotopic (exact) mass is 334 g/mol. The van der Waals surface area contributed by atoms with Gasteiger partial charge in [0.15, 0.2) is 0 Å². The first kappa shape index (κ1) is 15.6. The number of nitrogen functional groups attached to an aromatic ring is 1. The van der Waals surface area contributed by atoms with Crippen LogP contribution in [-0.2, 0) is 6.42 Å². The Morgan fingerprint density at radius 3 is 2.92 bits per heavy atom. The molecule has 0 spiro atoms. The molecule has 1 aromatic carbocycles. The maximum Gasteiger partial charge on any atom is 0.134 e. The van der Waals surface area contributed by atoms with Gasteiger partial charge in [0.25, 0.3) is 0 Å². The maximum atomic E-state index is 5.81. The van der Waals surface area contributed by atoms with E-state index < -0.39 is 0 Å². The zero-order chi connectivity index (χ0) is 17.1. The fourth-order valence-electron chi connectivity index (χ4n) is 3.59. The molecule has 128 valence electrons. The Hall–Kier alpha value is -2.89. The SMILES string of the molecule is Nc1cc(N2CCCC(c3[nH]ncc3Cc3ccccc3)C2)ncn1. The van der Waals surface area contributed by atoms with Gasteiger partial charge in [0.1, 0.15) is 18.0 Å². The lowest BCUT2D eigenvalue weighted by Crippen LogP contribution is -2.35. The molecular weight excluding hydrogens is 312 g/mol. The summed E-state index contributed by atoms with van der Waals surface area (Å²) in [5, 5.41) is 7.56. The number of H-pyrrole nitrogens is 1. The molecule has 3 N–H and O–H groups in total. The normalized spacial score (nSPS) is 17.6. The molecule has 4 rings (SSSR count). The molecule has 25 heavy (non-hydrogen) atoms. The molecule has 3 aromatic rings. The van der Waals surface area contributed by atoms with Gasteiger partial charge in [-0.1, -0.05) is 30.3 Å². The van der Waals surface area contributed by atoms with Crippen molar-refractivity contribution in [2.75, 3.05) is 23.7 Å². The van der Waals surface area contributed by atoms with Crippen LogP contribution >= 0.6 is 0 Å². The van der Waals surface area contributed by atoms with Gasteiger partial charge in [0.05, 0.1) is 6.20 Å². The van der Waals surface area contributed by atoms with Crippen molar-refractivity contribution < 1.29 is 0 Å². The van der Waals surface area contributed by atoms with Crippen molar-refractivity contribution in [1.82, 2.24) is 20.2 Å². The van der Waals surface area contributed by atoms with Crippen LogP contribution in [0.1, 0.15) is 35.6 Å². The van der Waals surface area contributed by atoms with Crippen LogP contribution in [0.25, 0.3) is 0 Å². The van der Waals surface area contributed by atoms with Gasteiger partial charge in [0.2, 0.25) is 0 Å². The molecular formula is C19H22N6. The summed E-state index contributed by atoms with van der Waals surface area (Å²) in [4.78, 5) is 10.7. The summed E-state index contributed by atoms with van der Waals surface area (Å²) < 4.78 is 0. The lowest BCUT2D eigenvalue weighted by molar-refractivity contribution is 0.496. The number of aromatic nitrogens is 4. The van der Waals surface area contributed by atoms with E-state index in [1.165, 1.54) is 23.1 Å². The predicted molar refractivity (Wildman–Crippen MR) is 98.5 cm³/mol. The number of hydrogen-bond acceptors (Lipinski definition) is 5. The molecule has 0 amide bonds.